The van der Waals surface area contributed by atoms with Crippen molar-refractivity contribution in [1.29, 1.82) is 0 Å². The molecule has 0 heterocycles. The van der Waals surface area contributed by atoms with Crippen LogP contribution in [0.1, 0.15) is 45.2 Å². The molecule has 0 bridgehead atoms. The molecule has 0 spiro atoms. The lowest BCUT2D eigenvalue weighted by molar-refractivity contribution is -0.132. The maximum atomic E-state index is 14.0. The Hall–Kier alpha value is -2.23. The summed E-state index contributed by atoms with van der Waals surface area (Å²) in [4.78, 5) is 11.0. The predicted molar refractivity (Wildman–Crippen MR) is 89.2 cm³/mol. The Labute approximate surface area is 135 Å². The van der Waals surface area contributed by atoms with E-state index >= 15 is 0 Å². The second-order valence-corrected chi connectivity index (χ2v) is 5.39. The lowest BCUT2D eigenvalue weighted by Gasteiger charge is -2.08. The Kier molecular flexibility index (Phi) is 6.89. The highest BCUT2D eigenvalue weighted by Gasteiger charge is 2.12. The molecule has 0 fully saturated rings. The number of carboxylic acids is 1. The Morgan fingerprint density at radius 2 is 1.70 bits per heavy atom. The quantitative estimate of drug-likeness (QED) is 0.570. The first kappa shape index (κ1) is 18.8. The summed E-state index contributed by atoms with van der Waals surface area (Å²) < 4.78 is 28.0. The van der Waals surface area contributed by atoms with E-state index in [9.17, 15) is 13.6 Å². The van der Waals surface area contributed by atoms with Crippen LogP contribution in [0.3, 0.4) is 0 Å². The van der Waals surface area contributed by atoms with Crippen LogP contribution in [0.4, 0.5) is 8.78 Å². The molecule has 0 radical (unpaired) electrons. The van der Waals surface area contributed by atoms with Crippen LogP contribution in [0.15, 0.2) is 41.5 Å². The molecule has 0 aliphatic carbocycles. The molecule has 2 nitrogen and oxygen atoms in total. The van der Waals surface area contributed by atoms with Crippen LogP contribution in [0.25, 0.3) is 5.57 Å². The van der Waals surface area contributed by atoms with E-state index in [0.29, 0.717) is 11.1 Å². The first-order valence-electron chi connectivity index (χ1n) is 7.57. The number of aliphatic carboxylic acids is 1. The molecule has 0 saturated heterocycles. The molecule has 4 heteroatoms. The highest BCUT2D eigenvalue weighted by Crippen LogP contribution is 2.24. The first-order chi connectivity index (χ1) is 10.8. The Bertz CT molecular complexity index is 660. The summed E-state index contributed by atoms with van der Waals surface area (Å²) in [5.41, 5.74) is 1.98. The Morgan fingerprint density at radius 3 is 2.13 bits per heavy atom. The molecular formula is C19H22F2O2. The SMILES string of the molecule is CCC(C)=C/C=C(\C=C(/C)C(=O)O)c1cc(F)c(CC)c(F)c1. The summed E-state index contributed by atoms with van der Waals surface area (Å²) in [6.07, 6.45) is 6.02. The van der Waals surface area contributed by atoms with Gasteiger partial charge < -0.3 is 5.11 Å². The number of hydrogen-bond acceptors (Lipinski definition) is 1. The predicted octanol–water partition coefficient (Wildman–Crippen LogP) is 5.30. The molecule has 1 aromatic carbocycles. The Balaban J connectivity index is 3.47. The lowest BCUT2D eigenvalue weighted by atomic mass is 9.99. The topological polar surface area (TPSA) is 37.3 Å². The van der Waals surface area contributed by atoms with Crippen LogP contribution in [0.5, 0.6) is 0 Å². The van der Waals surface area contributed by atoms with Gasteiger partial charge in [-0.05, 0) is 56.0 Å². The number of benzene rings is 1. The molecule has 124 valence electrons. The number of carbonyl (C=O) groups is 1. The Morgan fingerprint density at radius 1 is 1.13 bits per heavy atom. The number of halogens is 2. The van der Waals surface area contributed by atoms with Gasteiger partial charge >= 0.3 is 5.97 Å². The van der Waals surface area contributed by atoms with Crippen molar-refractivity contribution in [2.24, 2.45) is 0 Å². The maximum Gasteiger partial charge on any atom is 0.331 e. The van der Waals surface area contributed by atoms with Crippen LogP contribution in [0, 0.1) is 11.6 Å². The molecular weight excluding hydrogens is 298 g/mol. The van der Waals surface area contributed by atoms with E-state index in [1.807, 2.05) is 19.9 Å². The second kappa shape index (κ2) is 8.42. The van der Waals surface area contributed by atoms with Crippen molar-refractivity contribution < 1.29 is 18.7 Å². The average Bonchev–Trinajstić information content (AvgIpc) is 2.50. The van der Waals surface area contributed by atoms with Crippen LogP contribution >= 0.6 is 0 Å². The number of hydrogen-bond donors (Lipinski definition) is 1. The minimum atomic E-state index is -1.07. The van der Waals surface area contributed by atoms with E-state index in [1.54, 1.807) is 13.0 Å². The molecule has 1 rings (SSSR count). The van der Waals surface area contributed by atoms with E-state index in [0.717, 1.165) is 12.0 Å². The summed E-state index contributed by atoms with van der Waals surface area (Å²) >= 11 is 0. The number of carboxylic acid groups (broad SMARTS) is 1. The zero-order valence-corrected chi connectivity index (χ0v) is 13.9. The molecule has 0 aliphatic heterocycles. The van der Waals surface area contributed by atoms with Gasteiger partial charge in [-0.2, -0.15) is 0 Å². The fourth-order valence-corrected chi connectivity index (χ4v) is 1.98. The van der Waals surface area contributed by atoms with Gasteiger partial charge in [0, 0.05) is 11.1 Å². The molecule has 1 N–H and O–H groups in total. The lowest BCUT2D eigenvalue weighted by Crippen LogP contribution is -1.99. The molecule has 0 saturated carbocycles. The van der Waals surface area contributed by atoms with Gasteiger partial charge in [0.25, 0.3) is 0 Å². The zero-order valence-electron chi connectivity index (χ0n) is 13.9. The average molecular weight is 320 g/mol. The van der Waals surface area contributed by atoms with Crippen molar-refractivity contribution in [2.75, 3.05) is 0 Å². The fourth-order valence-electron chi connectivity index (χ4n) is 1.98. The van der Waals surface area contributed by atoms with E-state index in [2.05, 4.69) is 0 Å². The highest BCUT2D eigenvalue weighted by molar-refractivity contribution is 5.91. The van der Waals surface area contributed by atoms with Crippen molar-refractivity contribution in [3.05, 3.63) is 64.3 Å². The van der Waals surface area contributed by atoms with E-state index < -0.39 is 17.6 Å². The molecule has 1 aromatic rings. The third-order valence-corrected chi connectivity index (χ3v) is 3.64. The van der Waals surface area contributed by atoms with Gasteiger partial charge in [-0.15, -0.1) is 0 Å². The van der Waals surface area contributed by atoms with Gasteiger partial charge in [0.2, 0.25) is 0 Å². The molecule has 0 aliphatic rings. The minimum Gasteiger partial charge on any atom is -0.478 e. The van der Waals surface area contributed by atoms with Gasteiger partial charge in [-0.1, -0.05) is 31.6 Å². The summed E-state index contributed by atoms with van der Waals surface area (Å²) in [5.74, 6) is -2.31. The molecule has 23 heavy (non-hydrogen) atoms. The zero-order chi connectivity index (χ0) is 17.6. The highest BCUT2D eigenvalue weighted by atomic mass is 19.1. The number of allylic oxidation sites excluding steroid dienone is 5. The molecule has 0 amide bonds. The summed E-state index contributed by atoms with van der Waals surface area (Å²) in [6, 6.07) is 2.49. The van der Waals surface area contributed by atoms with Gasteiger partial charge in [0.1, 0.15) is 11.6 Å². The molecule has 0 aromatic heterocycles. The van der Waals surface area contributed by atoms with Crippen molar-refractivity contribution >= 4 is 11.5 Å². The van der Waals surface area contributed by atoms with Crippen LogP contribution in [-0.4, -0.2) is 11.1 Å². The van der Waals surface area contributed by atoms with E-state index in [1.165, 1.54) is 25.1 Å². The third-order valence-electron chi connectivity index (χ3n) is 3.64. The van der Waals surface area contributed by atoms with Gasteiger partial charge in [-0.25, -0.2) is 13.6 Å². The normalized spacial score (nSPS) is 13.4. The van der Waals surface area contributed by atoms with Gasteiger partial charge in [0.15, 0.2) is 0 Å². The fraction of sp³-hybridized carbons (Fsp3) is 0.316. The van der Waals surface area contributed by atoms with Gasteiger partial charge in [-0.3, -0.25) is 0 Å². The van der Waals surface area contributed by atoms with Crippen LogP contribution < -0.4 is 0 Å². The summed E-state index contributed by atoms with van der Waals surface area (Å²) in [7, 11) is 0. The monoisotopic (exact) mass is 320 g/mol. The van der Waals surface area contributed by atoms with Crippen molar-refractivity contribution in [2.45, 2.75) is 40.5 Å². The standard InChI is InChI=1S/C19H22F2O2/c1-5-12(3)7-8-14(9-13(4)19(22)23)15-10-17(20)16(6-2)18(21)11-15/h7-11H,5-6H2,1-4H3,(H,22,23)/b12-7?,13-9+,14-8+. The van der Waals surface area contributed by atoms with Crippen LogP contribution in [-0.2, 0) is 11.2 Å². The van der Waals surface area contributed by atoms with E-state index in [-0.39, 0.29) is 17.6 Å². The van der Waals surface area contributed by atoms with Gasteiger partial charge in [0.05, 0.1) is 0 Å². The maximum absolute atomic E-state index is 14.0. The molecule has 0 unspecified atom stereocenters. The van der Waals surface area contributed by atoms with E-state index in [4.69, 9.17) is 5.11 Å². The summed E-state index contributed by atoms with van der Waals surface area (Å²) in [6.45, 7) is 7.05. The van der Waals surface area contributed by atoms with Crippen LogP contribution in [0.2, 0.25) is 0 Å². The number of rotatable bonds is 6. The van der Waals surface area contributed by atoms with Crippen molar-refractivity contribution in [1.82, 2.24) is 0 Å². The second-order valence-electron chi connectivity index (χ2n) is 5.39. The third kappa shape index (κ3) is 5.16. The smallest absolute Gasteiger partial charge is 0.331 e. The largest absolute Gasteiger partial charge is 0.478 e. The first-order valence-corrected chi connectivity index (χ1v) is 7.57. The summed E-state index contributed by atoms with van der Waals surface area (Å²) in [5, 5.41) is 9.03. The van der Waals surface area contributed by atoms with Crippen molar-refractivity contribution in [3.8, 4) is 0 Å². The molecule has 0 atom stereocenters. The van der Waals surface area contributed by atoms with Crippen molar-refractivity contribution in [3.63, 3.8) is 0 Å². The minimum absolute atomic E-state index is 0.0346.